The average Bonchev–Trinajstić information content (AvgIpc) is 2.50. The lowest BCUT2D eigenvalue weighted by molar-refractivity contribution is -0.138. The quantitative estimate of drug-likeness (QED) is 0.402. The van der Waals surface area contributed by atoms with Crippen molar-refractivity contribution in [1.29, 1.82) is 0 Å². The minimum absolute atomic E-state index is 0.0205. The molecule has 0 saturated carbocycles. The molecule has 22 heavy (non-hydrogen) atoms. The van der Waals surface area contributed by atoms with Crippen LogP contribution in [0.5, 0.6) is 0 Å². The number of nitrogens with zero attached hydrogens (tertiary/aromatic N) is 2. The maximum Gasteiger partial charge on any atom is 0.321 e. The number of carboxylic acids is 1. The van der Waals surface area contributed by atoms with E-state index in [4.69, 9.17) is 16.6 Å². The first-order valence-corrected chi connectivity index (χ1v) is 9.75. The number of nitrogens with two attached hydrogens (primary N) is 2. The van der Waals surface area contributed by atoms with Crippen molar-refractivity contribution < 1.29 is 14.7 Å². The van der Waals surface area contributed by atoms with Crippen LogP contribution in [0.15, 0.2) is 0 Å². The molecule has 128 valence electrons. The molecule has 1 amide bonds. The molecule has 1 rings (SSSR count). The predicted octanol–water partition coefficient (Wildman–Crippen LogP) is -0.340. The first-order valence-electron chi connectivity index (χ1n) is 7.26. The van der Waals surface area contributed by atoms with Gasteiger partial charge in [0.05, 0.1) is 6.04 Å². The Morgan fingerprint density at radius 2 is 1.68 bits per heavy atom. The Labute approximate surface area is 139 Å². The Hall–Kier alpha value is -0.480. The van der Waals surface area contributed by atoms with E-state index in [9.17, 15) is 9.59 Å². The van der Waals surface area contributed by atoms with Crippen LogP contribution in [0.25, 0.3) is 0 Å². The number of aliphatic carboxylic acids is 1. The lowest BCUT2D eigenvalue weighted by Crippen LogP contribution is -2.50. The van der Waals surface area contributed by atoms with Gasteiger partial charge in [-0.2, -0.15) is 0 Å². The number of hydrogen-bond donors (Lipinski definition) is 3. The Bertz CT molecular complexity index is 376. The van der Waals surface area contributed by atoms with Gasteiger partial charge in [-0.05, 0) is 26.9 Å². The summed E-state index contributed by atoms with van der Waals surface area (Å²) in [7, 11) is 6.86. The lowest BCUT2D eigenvalue weighted by atomic mass is 10.0. The molecule has 7 nitrogen and oxygen atoms in total. The standard InChI is InChI=1S/C13H26N4O3S2/c1-16(2)9-3-5-17(6-4-9)12(18)10(14)7-21-22-8-11(15)13(19)20/h9-11H,3-8,14-15H2,1-2H3,(H,19,20)/t10-,11-/m0/s1. The smallest absolute Gasteiger partial charge is 0.321 e. The molecule has 0 aromatic carbocycles. The van der Waals surface area contributed by atoms with Crippen molar-refractivity contribution in [2.75, 3.05) is 38.7 Å². The van der Waals surface area contributed by atoms with Gasteiger partial charge >= 0.3 is 5.97 Å². The summed E-state index contributed by atoms with van der Waals surface area (Å²) >= 11 is 0. The molecule has 2 atom stereocenters. The molecule has 1 aliphatic rings. The van der Waals surface area contributed by atoms with Gasteiger partial charge in [0.2, 0.25) is 5.91 Å². The third-order valence-corrected chi connectivity index (χ3v) is 6.19. The molecule has 0 aliphatic carbocycles. The number of likely N-dealkylation sites (tertiary alicyclic amines) is 1. The van der Waals surface area contributed by atoms with Crippen LogP contribution in [-0.4, -0.2) is 83.6 Å². The number of amides is 1. The van der Waals surface area contributed by atoms with E-state index < -0.39 is 18.1 Å². The van der Waals surface area contributed by atoms with Crippen molar-refractivity contribution in [3.05, 3.63) is 0 Å². The van der Waals surface area contributed by atoms with E-state index in [1.54, 1.807) is 0 Å². The van der Waals surface area contributed by atoms with Gasteiger partial charge in [0, 0.05) is 30.6 Å². The third-order valence-electron chi connectivity index (χ3n) is 3.72. The normalized spacial score (nSPS) is 19.2. The summed E-state index contributed by atoms with van der Waals surface area (Å²) in [4.78, 5) is 26.9. The van der Waals surface area contributed by atoms with Crippen LogP contribution in [0.3, 0.4) is 0 Å². The van der Waals surface area contributed by atoms with E-state index >= 15 is 0 Å². The molecule has 1 heterocycles. The highest BCUT2D eigenvalue weighted by Crippen LogP contribution is 2.23. The molecule has 1 fully saturated rings. The molecule has 9 heteroatoms. The van der Waals surface area contributed by atoms with E-state index in [1.807, 2.05) is 4.90 Å². The van der Waals surface area contributed by atoms with Crippen molar-refractivity contribution in [2.24, 2.45) is 11.5 Å². The number of carbonyl (C=O) groups is 2. The van der Waals surface area contributed by atoms with Crippen LogP contribution < -0.4 is 11.5 Å². The topological polar surface area (TPSA) is 113 Å². The van der Waals surface area contributed by atoms with E-state index in [2.05, 4.69) is 19.0 Å². The second kappa shape index (κ2) is 9.61. The number of carbonyl (C=O) groups excluding carboxylic acids is 1. The Kier molecular flexibility index (Phi) is 8.55. The zero-order valence-electron chi connectivity index (χ0n) is 13.1. The summed E-state index contributed by atoms with van der Waals surface area (Å²) < 4.78 is 0. The number of carboxylic acid groups (broad SMARTS) is 1. The number of hydrogen-bond acceptors (Lipinski definition) is 7. The van der Waals surface area contributed by atoms with Crippen LogP contribution in [0, 0.1) is 0 Å². The summed E-state index contributed by atoms with van der Waals surface area (Å²) in [5, 5.41) is 8.67. The molecular formula is C13H26N4O3S2. The van der Waals surface area contributed by atoms with Gasteiger partial charge in [-0.3, -0.25) is 9.59 Å². The predicted molar refractivity (Wildman–Crippen MR) is 91.8 cm³/mol. The van der Waals surface area contributed by atoms with E-state index in [0.29, 0.717) is 17.5 Å². The van der Waals surface area contributed by atoms with Crippen molar-refractivity contribution >= 4 is 33.5 Å². The first-order chi connectivity index (χ1) is 10.3. The first kappa shape index (κ1) is 19.6. The van der Waals surface area contributed by atoms with Crippen molar-refractivity contribution in [3.63, 3.8) is 0 Å². The molecule has 0 bridgehead atoms. The van der Waals surface area contributed by atoms with Crippen LogP contribution >= 0.6 is 21.6 Å². The van der Waals surface area contributed by atoms with Crippen LogP contribution in [0.2, 0.25) is 0 Å². The molecule has 5 N–H and O–H groups in total. The fourth-order valence-electron chi connectivity index (χ4n) is 2.22. The molecule has 1 aliphatic heterocycles. The second-order valence-corrected chi connectivity index (χ2v) is 8.19. The highest BCUT2D eigenvalue weighted by atomic mass is 33.1. The zero-order valence-corrected chi connectivity index (χ0v) is 14.7. The van der Waals surface area contributed by atoms with Crippen LogP contribution in [-0.2, 0) is 9.59 Å². The average molecular weight is 351 g/mol. The minimum atomic E-state index is -1.02. The molecule has 0 aromatic heterocycles. The molecule has 0 spiro atoms. The van der Waals surface area contributed by atoms with E-state index in [-0.39, 0.29) is 5.91 Å². The van der Waals surface area contributed by atoms with E-state index in [0.717, 1.165) is 25.9 Å². The second-order valence-electron chi connectivity index (χ2n) is 5.64. The molecule has 0 unspecified atom stereocenters. The van der Waals surface area contributed by atoms with Gasteiger partial charge in [-0.15, -0.1) is 0 Å². The fourth-order valence-corrected chi connectivity index (χ4v) is 4.45. The molecule has 0 radical (unpaired) electrons. The minimum Gasteiger partial charge on any atom is -0.480 e. The van der Waals surface area contributed by atoms with Crippen LogP contribution in [0.4, 0.5) is 0 Å². The van der Waals surface area contributed by atoms with Gasteiger partial charge in [0.1, 0.15) is 6.04 Å². The van der Waals surface area contributed by atoms with Crippen molar-refractivity contribution in [3.8, 4) is 0 Å². The molecular weight excluding hydrogens is 324 g/mol. The van der Waals surface area contributed by atoms with Gasteiger partial charge in [0.25, 0.3) is 0 Å². The zero-order chi connectivity index (χ0) is 16.7. The van der Waals surface area contributed by atoms with Gasteiger partial charge < -0.3 is 26.4 Å². The Balaban J connectivity index is 2.24. The maximum atomic E-state index is 12.3. The summed E-state index contributed by atoms with van der Waals surface area (Å²) in [6, 6.07) is -0.897. The maximum absolute atomic E-state index is 12.3. The summed E-state index contributed by atoms with van der Waals surface area (Å²) in [6.45, 7) is 1.49. The monoisotopic (exact) mass is 350 g/mol. The number of piperidine rings is 1. The molecule has 0 aromatic rings. The summed E-state index contributed by atoms with van der Waals surface area (Å²) in [5.74, 6) is -0.274. The number of rotatable bonds is 8. The third kappa shape index (κ3) is 6.33. The van der Waals surface area contributed by atoms with Crippen molar-refractivity contribution in [1.82, 2.24) is 9.80 Å². The van der Waals surface area contributed by atoms with Gasteiger partial charge in [-0.1, -0.05) is 21.6 Å². The molecule has 1 saturated heterocycles. The SMILES string of the molecule is CN(C)C1CCN(C(=O)[C@@H](N)CSSC[C@H](N)C(=O)O)CC1. The van der Waals surface area contributed by atoms with Gasteiger partial charge in [-0.25, -0.2) is 0 Å². The Morgan fingerprint density at radius 3 is 2.14 bits per heavy atom. The summed E-state index contributed by atoms with van der Waals surface area (Å²) in [5.41, 5.74) is 11.3. The highest BCUT2D eigenvalue weighted by molar-refractivity contribution is 8.76. The fraction of sp³-hybridized carbons (Fsp3) is 0.846. The Morgan fingerprint density at radius 1 is 1.18 bits per heavy atom. The lowest BCUT2D eigenvalue weighted by Gasteiger charge is -2.36. The highest BCUT2D eigenvalue weighted by Gasteiger charge is 2.27. The van der Waals surface area contributed by atoms with Crippen molar-refractivity contribution in [2.45, 2.75) is 31.0 Å². The van der Waals surface area contributed by atoms with Gasteiger partial charge in [0.15, 0.2) is 0 Å². The van der Waals surface area contributed by atoms with E-state index in [1.165, 1.54) is 21.6 Å². The largest absolute Gasteiger partial charge is 0.480 e. The summed E-state index contributed by atoms with van der Waals surface area (Å²) in [6.07, 6.45) is 1.95. The van der Waals surface area contributed by atoms with Crippen LogP contribution in [0.1, 0.15) is 12.8 Å².